The number of hydrogen-bond donors (Lipinski definition) is 1. The minimum Gasteiger partial charge on any atom is -0.348 e. The van der Waals surface area contributed by atoms with Gasteiger partial charge in [-0.25, -0.2) is 4.98 Å². The van der Waals surface area contributed by atoms with Gasteiger partial charge in [-0.15, -0.1) is 0 Å². The second kappa shape index (κ2) is 5.75. The van der Waals surface area contributed by atoms with Gasteiger partial charge in [0.2, 0.25) is 0 Å². The van der Waals surface area contributed by atoms with Crippen LogP contribution in [0.3, 0.4) is 0 Å². The Hall–Kier alpha value is -1.68. The number of aryl methyl sites for hydroxylation is 1. The third-order valence-corrected chi connectivity index (χ3v) is 4.07. The van der Waals surface area contributed by atoms with E-state index in [0.29, 0.717) is 10.3 Å². The molecule has 0 aliphatic heterocycles. The molecule has 1 unspecified atom stereocenters. The monoisotopic (exact) mass is 330 g/mol. The lowest BCUT2D eigenvalue weighted by Gasteiger charge is -2.25. The summed E-state index contributed by atoms with van der Waals surface area (Å²) in [6, 6.07) is 14.0. The summed E-state index contributed by atoms with van der Waals surface area (Å²) in [5, 5.41) is 3.08. The zero-order chi connectivity index (χ0) is 13.9. The molecule has 4 heteroatoms. The Bertz CT molecular complexity index is 642. The molecule has 0 radical (unpaired) electrons. The molecule has 20 heavy (non-hydrogen) atoms. The van der Waals surface area contributed by atoms with Gasteiger partial charge >= 0.3 is 0 Å². The van der Waals surface area contributed by atoms with Crippen molar-refractivity contribution in [1.29, 1.82) is 0 Å². The van der Waals surface area contributed by atoms with Crippen LogP contribution in [0.2, 0.25) is 0 Å². The van der Waals surface area contributed by atoms with Crippen LogP contribution in [-0.2, 0) is 12.8 Å². The molecule has 2 aromatic rings. The molecule has 3 rings (SSSR count). The van der Waals surface area contributed by atoms with Crippen LogP contribution in [0.4, 0.5) is 0 Å². The van der Waals surface area contributed by atoms with Crippen molar-refractivity contribution in [3.8, 4) is 0 Å². The van der Waals surface area contributed by atoms with Crippen LogP contribution in [0.15, 0.2) is 47.1 Å². The predicted molar refractivity (Wildman–Crippen MR) is 81.7 cm³/mol. The first-order chi connectivity index (χ1) is 9.72. The first kappa shape index (κ1) is 13.3. The van der Waals surface area contributed by atoms with Crippen LogP contribution in [0.5, 0.6) is 0 Å². The number of carbonyl (C=O) groups excluding carboxylic acids is 1. The molecule has 0 spiro atoms. The highest BCUT2D eigenvalue weighted by Gasteiger charge is 2.20. The summed E-state index contributed by atoms with van der Waals surface area (Å²) >= 11 is 3.29. The van der Waals surface area contributed by atoms with E-state index in [0.717, 1.165) is 19.3 Å². The molecule has 102 valence electrons. The smallest absolute Gasteiger partial charge is 0.270 e. The van der Waals surface area contributed by atoms with Crippen LogP contribution in [0.25, 0.3) is 0 Å². The lowest BCUT2D eigenvalue weighted by molar-refractivity contribution is 0.0928. The molecule has 0 fully saturated rings. The third kappa shape index (κ3) is 2.90. The molecule has 1 heterocycles. The van der Waals surface area contributed by atoms with Crippen molar-refractivity contribution in [3.05, 3.63) is 63.9 Å². The van der Waals surface area contributed by atoms with E-state index >= 15 is 0 Å². The maximum Gasteiger partial charge on any atom is 0.270 e. The van der Waals surface area contributed by atoms with Gasteiger partial charge < -0.3 is 5.32 Å². The quantitative estimate of drug-likeness (QED) is 0.859. The topological polar surface area (TPSA) is 42.0 Å². The fourth-order valence-corrected chi connectivity index (χ4v) is 2.96. The number of nitrogens with zero attached hydrogens (tertiary/aromatic N) is 1. The second-order valence-electron chi connectivity index (χ2n) is 5.03. The van der Waals surface area contributed by atoms with Crippen molar-refractivity contribution in [2.45, 2.75) is 25.3 Å². The van der Waals surface area contributed by atoms with Crippen molar-refractivity contribution in [3.63, 3.8) is 0 Å². The number of aromatic nitrogens is 1. The van der Waals surface area contributed by atoms with E-state index in [4.69, 9.17) is 0 Å². The highest BCUT2D eigenvalue weighted by molar-refractivity contribution is 9.10. The van der Waals surface area contributed by atoms with Gasteiger partial charge in [-0.2, -0.15) is 0 Å². The van der Waals surface area contributed by atoms with Gasteiger partial charge in [-0.05, 0) is 58.5 Å². The van der Waals surface area contributed by atoms with Gasteiger partial charge in [0.05, 0.1) is 0 Å². The van der Waals surface area contributed by atoms with Gasteiger partial charge in [-0.1, -0.05) is 30.3 Å². The normalized spacial score (nSPS) is 17.4. The number of fused-ring (bicyclic) bond motifs is 1. The van der Waals surface area contributed by atoms with Crippen molar-refractivity contribution < 1.29 is 4.79 Å². The highest BCUT2D eigenvalue weighted by atomic mass is 79.9. The molecule has 1 atom stereocenters. The van der Waals surface area contributed by atoms with Gasteiger partial charge in [0, 0.05) is 6.04 Å². The number of carbonyl (C=O) groups is 1. The Morgan fingerprint density at radius 3 is 2.75 bits per heavy atom. The van der Waals surface area contributed by atoms with Crippen molar-refractivity contribution >= 4 is 21.8 Å². The molecule has 0 saturated carbocycles. The molecule has 1 aromatic heterocycles. The van der Waals surface area contributed by atoms with Gasteiger partial charge in [0.25, 0.3) is 5.91 Å². The summed E-state index contributed by atoms with van der Waals surface area (Å²) in [6.07, 6.45) is 2.90. The van der Waals surface area contributed by atoms with E-state index in [9.17, 15) is 4.79 Å². The number of hydrogen-bond acceptors (Lipinski definition) is 2. The van der Waals surface area contributed by atoms with E-state index in [1.165, 1.54) is 11.1 Å². The first-order valence-electron chi connectivity index (χ1n) is 6.72. The van der Waals surface area contributed by atoms with Gasteiger partial charge in [-0.3, -0.25) is 4.79 Å². The van der Waals surface area contributed by atoms with E-state index in [2.05, 4.69) is 50.5 Å². The maximum atomic E-state index is 12.2. The van der Waals surface area contributed by atoms with Crippen LogP contribution >= 0.6 is 15.9 Å². The zero-order valence-corrected chi connectivity index (χ0v) is 12.6. The Labute approximate surface area is 126 Å². The number of pyridine rings is 1. The molecule has 1 amide bonds. The van der Waals surface area contributed by atoms with Crippen molar-refractivity contribution in [2.24, 2.45) is 0 Å². The standard InChI is InChI=1S/C16H15BrN2O/c17-15-7-3-6-14(19-15)16(20)18-13-9-8-11-4-1-2-5-12(11)10-13/h1-7,13H,8-10H2,(H,18,20). The van der Waals surface area contributed by atoms with E-state index < -0.39 is 0 Å². The molecule has 1 aromatic carbocycles. The zero-order valence-electron chi connectivity index (χ0n) is 11.0. The lowest BCUT2D eigenvalue weighted by atomic mass is 9.88. The average molecular weight is 331 g/mol. The molecular weight excluding hydrogens is 316 g/mol. The number of rotatable bonds is 2. The Morgan fingerprint density at radius 2 is 1.95 bits per heavy atom. The second-order valence-corrected chi connectivity index (χ2v) is 5.84. The van der Waals surface area contributed by atoms with Gasteiger partial charge in [0.1, 0.15) is 10.3 Å². The minimum atomic E-state index is -0.101. The molecule has 1 aliphatic carbocycles. The summed E-state index contributed by atoms with van der Waals surface area (Å²) in [5.41, 5.74) is 3.20. The summed E-state index contributed by atoms with van der Waals surface area (Å²) in [6.45, 7) is 0. The third-order valence-electron chi connectivity index (χ3n) is 3.63. The first-order valence-corrected chi connectivity index (χ1v) is 7.52. The fourth-order valence-electron chi connectivity index (χ4n) is 2.62. The van der Waals surface area contributed by atoms with E-state index in [1.54, 1.807) is 6.07 Å². The summed E-state index contributed by atoms with van der Waals surface area (Å²) in [7, 11) is 0. The number of nitrogens with one attached hydrogen (secondary N) is 1. The predicted octanol–water partition coefficient (Wildman–Crippen LogP) is 3.13. The average Bonchev–Trinajstić information content (AvgIpc) is 2.47. The lowest BCUT2D eigenvalue weighted by Crippen LogP contribution is -2.39. The molecule has 1 aliphatic rings. The molecule has 1 N–H and O–H groups in total. The largest absolute Gasteiger partial charge is 0.348 e. The minimum absolute atomic E-state index is 0.101. The van der Waals surface area contributed by atoms with Crippen LogP contribution < -0.4 is 5.32 Å². The van der Waals surface area contributed by atoms with Crippen LogP contribution in [0, 0.1) is 0 Å². The summed E-state index contributed by atoms with van der Waals surface area (Å²) < 4.78 is 0.680. The SMILES string of the molecule is O=C(NC1CCc2ccccc2C1)c1cccc(Br)n1. The Morgan fingerprint density at radius 1 is 1.15 bits per heavy atom. The van der Waals surface area contributed by atoms with E-state index in [1.807, 2.05) is 12.1 Å². The molecule has 0 saturated heterocycles. The number of halogens is 1. The van der Waals surface area contributed by atoms with Gasteiger partial charge in [0.15, 0.2) is 0 Å². The molecular formula is C16H15BrN2O. The molecule has 0 bridgehead atoms. The Balaban J connectivity index is 1.69. The fraction of sp³-hybridized carbons (Fsp3) is 0.250. The number of benzene rings is 1. The summed E-state index contributed by atoms with van der Waals surface area (Å²) in [5.74, 6) is -0.101. The maximum absolute atomic E-state index is 12.2. The van der Waals surface area contributed by atoms with Crippen molar-refractivity contribution in [1.82, 2.24) is 10.3 Å². The molecule has 3 nitrogen and oxygen atoms in total. The van der Waals surface area contributed by atoms with Crippen LogP contribution in [-0.4, -0.2) is 16.9 Å². The van der Waals surface area contributed by atoms with E-state index in [-0.39, 0.29) is 11.9 Å². The highest BCUT2D eigenvalue weighted by Crippen LogP contribution is 2.21. The Kier molecular flexibility index (Phi) is 3.83. The number of amides is 1. The van der Waals surface area contributed by atoms with Crippen LogP contribution in [0.1, 0.15) is 28.0 Å². The van der Waals surface area contributed by atoms with Crippen molar-refractivity contribution in [2.75, 3.05) is 0 Å². The summed E-state index contributed by atoms with van der Waals surface area (Å²) in [4.78, 5) is 16.4.